The minimum absolute atomic E-state index is 0.0872. The topological polar surface area (TPSA) is 127 Å². The van der Waals surface area contributed by atoms with Crippen LogP contribution in [-0.2, 0) is 6.42 Å². The highest BCUT2D eigenvalue weighted by Gasteiger charge is 2.40. The molecule has 3 aromatic rings. The van der Waals surface area contributed by atoms with Crippen LogP contribution in [-0.4, -0.2) is 83.4 Å². The number of aromatic nitrogens is 1. The van der Waals surface area contributed by atoms with E-state index < -0.39 is 6.10 Å². The number of carbonyl (C=O) groups excluding carboxylic acids is 2. The fourth-order valence-electron chi connectivity index (χ4n) is 5.84. The Labute approximate surface area is 237 Å². The standard InChI is InChI=1S/C31H33N5O5/c1-17-4-5-27(18(2)8-17)41-16-21(37)12-33-24-6-7-32-29(38)28(24)26-10-20-9-22-23(11-25(20)34-26)31(40)36(30(22)39)15-19-13-35(3)14-19/h4-9,11,19,21,37H,10,12-16H2,1-3H3,(H2,32,33,38). The van der Waals surface area contributed by atoms with Crippen molar-refractivity contribution in [2.75, 3.05) is 45.2 Å². The van der Waals surface area contributed by atoms with Gasteiger partial charge in [0, 0.05) is 44.7 Å². The fourth-order valence-corrected chi connectivity index (χ4v) is 5.84. The van der Waals surface area contributed by atoms with Gasteiger partial charge < -0.3 is 25.0 Å². The molecule has 3 aliphatic heterocycles. The molecule has 10 heteroatoms. The molecule has 2 amide bonds. The van der Waals surface area contributed by atoms with E-state index in [1.165, 1.54) is 11.1 Å². The molecule has 0 radical (unpaired) electrons. The molecule has 6 rings (SSSR count). The number of nitrogens with zero attached hydrogens (tertiary/aromatic N) is 3. The Morgan fingerprint density at radius 2 is 1.85 bits per heavy atom. The number of hydrogen-bond donors (Lipinski definition) is 3. The van der Waals surface area contributed by atoms with Gasteiger partial charge in [0.2, 0.25) is 0 Å². The zero-order chi connectivity index (χ0) is 28.8. The number of H-pyrrole nitrogens is 1. The van der Waals surface area contributed by atoms with Crippen molar-refractivity contribution in [1.29, 1.82) is 0 Å². The lowest BCUT2D eigenvalue weighted by Crippen LogP contribution is -2.50. The summed E-state index contributed by atoms with van der Waals surface area (Å²) in [5.74, 6) is 0.453. The summed E-state index contributed by atoms with van der Waals surface area (Å²) in [6.07, 6.45) is 1.06. The maximum atomic E-state index is 13.1. The highest BCUT2D eigenvalue weighted by molar-refractivity contribution is 6.22. The van der Waals surface area contributed by atoms with E-state index in [0.717, 1.165) is 29.8 Å². The van der Waals surface area contributed by atoms with Crippen LogP contribution in [0.1, 0.15) is 43.0 Å². The second-order valence-electron chi connectivity index (χ2n) is 11.3. The molecule has 0 bridgehead atoms. The molecule has 1 saturated heterocycles. The molecule has 41 heavy (non-hydrogen) atoms. The molecule has 4 heterocycles. The number of hydrogen-bond acceptors (Lipinski definition) is 8. The summed E-state index contributed by atoms with van der Waals surface area (Å²) >= 11 is 0. The Hall–Kier alpha value is -4.28. The number of aromatic amines is 1. The van der Waals surface area contributed by atoms with Crippen LogP contribution in [0, 0.1) is 19.8 Å². The summed E-state index contributed by atoms with van der Waals surface area (Å²) in [6, 6.07) is 11.0. The Kier molecular flexibility index (Phi) is 6.96. The van der Waals surface area contributed by atoms with Crippen molar-refractivity contribution in [2.24, 2.45) is 10.9 Å². The molecule has 10 nitrogen and oxygen atoms in total. The smallest absolute Gasteiger partial charge is 0.261 e. The number of likely N-dealkylation sites (tertiary alicyclic amines) is 1. The van der Waals surface area contributed by atoms with Crippen LogP contribution in [0.3, 0.4) is 0 Å². The van der Waals surface area contributed by atoms with Crippen molar-refractivity contribution in [1.82, 2.24) is 14.8 Å². The first-order valence-corrected chi connectivity index (χ1v) is 13.8. The van der Waals surface area contributed by atoms with Crippen LogP contribution in [0.15, 0.2) is 52.4 Å². The zero-order valence-electron chi connectivity index (χ0n) is 23.4. The lowest BCUT2D eigenvalue weighted by molar-refractivity contribution is 0.0519. The molecule has 0 saturated carbocycles. The second-order valence-corrected chi connectivity index (χ2v) is 11.3. The Morgan fingerprint density at radius 1 is 1.10 bits per heavy atom. The normalized spacial score (nSPS) is 17.3. The quantitative estimate of drug-likeness (QED) is 0.347. The average molecular weight is 556 g/mol. The molecule has 0 aliphatic carbocycles. The number of pyridine rings is 1. The maximum absolute atomic E-state index is 13.1. The van der Waals surface area contributed by atoms with Gasteiger partial charge in [0.05, 0.1) is 33.8 Å². The summed E-state index contributed by atoms with van der Waals surface area (Å²) < 4.78 is 5.79. The minimum atomic E-state index is -0.825. The minimum Gasteiger partial charge on any atom is -0.491 e. The van der Waals surface area contributed by atoms with Crippen LogP contribution in [0.25, 0.3) is 0 Å². The third-order valence-electron chi connectivity index (χ3n) is 7.90. The van der Waals surface area contributed by atoms with E-state index in [9.17, 15) is 19.5 Å². The molecule has 1 atom stereocenters. The molecule has 0 spiro atoms. The number of aryl methyl sites for hydroxylation is 2. The molecule has 1 fully saturated rings. The molecule has 3 aliphatic rings. The summed E-state index contributed by atoms with van der Waals surface area (Å²) in [5, 5.41) is 13.7. The number of rotatable bonds is 9. The molecule has 1 unspecified atom stereocenters. The third-order valence-corrected chi connectivity index (χ3v) is 7.90. The van der Waals surface area contributed by atoms with Gasteiger partial charge in [0.15, 0.2) is 0 Å². The number of benzene rings is 2. The Balaban J connectivity index is 1.16. The number of anilines is 1. The highest BCUT2D eigenvalue weighted by atomic mass is 16.5. The molecule has 2 aromatic carbocycles. The average Bonchev–Trinajstić information content (AvgIpc) is 3.43. The number of nitrogens with one attached hydrogen (secondary N) is 2. The Morgan fingerprint density at radius 3 is 2.59 bits per heavy atom. The monoisotopic (exact) mass is 555 g/mol. The number of amides is 2. The lowest BCUT2D eigenvalue weighted by Gasteiger charge is -2.37. The van der Waals surface area contributed by atoms with Gasteiger partial charge in [-0.25, -0.2) is 0 Å². The van der Waals surface area contributed by atoms with Crippen molar-refractivity contribution in [3.8, 4) is 5.75 Å². The van der Waals surface area contributed by atoms with Gasteiger partial charge in [0.25, 0.3) is 17.4 Å². The zero-order valence-corrected chi connectivity index (χ0v) is 23.4. The summed E-state index contributed by atoms with van der Waals surface area (Å²) in [5.41, 5.74) is 5.36. The van der Waals surface area contributed by atoms with Crippen molar-refractivity contribution in [3.63, 3.8) is 0 Å². The largest absolute Gasteiger partial charge is 0.491 e. The second kappa shape index (κ2) is 10.6. The third kappa shape index (κ3) is 5.16. The molecule has 3 N–H and O–H groups in total. The number of fused-ring (bicyclic) bond motifs is 2. The predicted molar refractivity (Wildman–Crippen MR) is 156 cm³/mol. The number of aliphatic imine (C=N–C) groups is 1. The lowest BCUT2D eigenvalue weighted by atomic mass is 10.00. The van der Waals surface area contributed by atoms with Gasteiger partial charge in [0.1, 0.15) is 18.5 Å². The summed E-state index contributed by atoms with van der Waals surface area (Å²) in [6.45, 7) is 6.38. The van der Waals surface area contributed by atoms with Crippen LogP contribution in [0.4, 0.5) is 11.4 Å². The first-order chi connectivity index (χ1) is 19.7. The van der Waals surface area contributed by atoms with Gasteiger partial charge in [-0.2, -0.15) is 0 Å². The van der Waals surface area contributed by atoms with Crippen LogP contribution >= 0.6 is 0 Å². The van der Waals surface area contributed by atoms with Crippen molar-refractivity contribution in [2.45, 2.75) is 26.4 Å². The number of ether oxygens (including phenoxy) is 1. The number of imide groups is 1. The van der Waals surface area contributed by atoms with Crippen molar-refractivity contribution >= 4 is 28.9 Å². The predicted octanol–water partition coefficient (Wildman–Crippen LogP) is 2.68. The van der Waals surface area contributed by atoms with Crippen LogP contribution in [0.5, 0.6) is 5.75 Å². The van der Waals surface area contributed by atoms with Crippen molar-refractivity contribution in [3.05, 3.63) is 86.3 Å². The molecular weight excluding hydrogens is 522 g/mol. The van der Waals surface area contributed by atoms with Crippen molar-refractivity contribution < 1.29 is 19.4 Å². The van der Waals surface area contributed by atoms with Gasteiger partial charge >= 0.3 is 0 Å². The SMILES string of the molecule is Cc1ccc(OCC(O)CNc2cc[nH]c(=O)c2C2=Nc3cc4c(cc3C2)C(=O)N(CC2CN(C)C2)C4=O)c(C)c1. The van der Waals surface area contributed by atoms with E-state index in [4.69, 9.17) is 9.73 Å². The van der Waals surface area contributed by atoms with E-state index in [1.54, 1.807) is 18.2 Å². The van der Waals surface area contributed by atoms with Gasteiger partial charge in [-0.15, -0.1) is 0 Å². The van der Waals surface area contributed by atoms with E-state index in [-0.39, 0.29) is 30.5 Å². The fraction of sp³-hybridized carbons (Fsp3) is 0.355. The number of carbonyl (C=O) groups is 2. The van der Waals surface area contributed by atoms with E-state index in [2.05, 4.69) is 15.2 Å². The van der Waals surface area contributed by atoms with E-state index in [1.807, 2.05) is 39.1 Å². The molecular formula is C31H33N5O5. The summed E-state index contributed by atoms with van der Waals surface area (Å²) in [7, 11) is 2.02. The van der Waals surface area contributed by atoms with E-state index in [0.29, 0.717) is 58.4 Å². The first kappa shape index (κ1) is 26.9. The van der Waals surface area contributed by atoms with Crippen LogP contribution in [0.2, 0.25) is 0 Å². The van der Waals surface area contributed by atoms with Crippen LogP contribution < -0.4 is 15.6 Å². The summed E-state index contributed by atoms with van der Waals surface area (Å²) in [4.78, 5) is 50.0. The van der Waals surface area contributed by atoms with E-state index >= 15 is 0 Å². The van der Waals surface area contributed by atoms with Gasteiger partial charge in [-0.3, -0.25) is 24.3 Å². The van der Waals surface area contributed by atoms with Gasteiger partial charge in [-0.1, -0.05) is 17.7 Å². The maximum Gasteiger partial charge on any atom is 0.261 e. The first-order valence-electron chi connectivity index (χ1n) is 13.8. The molecule has 1 aromatic heterocycles. The highest BCUT2D eigenvalue weighted by Crippen LogP contribution is 2.36. The molecule has 212 valence electrons. The Bertz CT molecular complexity index is 1640. The number of aliphatic hydroxyl groups excluding tert-OH is 1. The van der Waals surface area contributed by atoms with Gasteiger partial charge in [-0.05, 0) is 56.3 Å². The number of aliphatic hydroxyl groups is 1.